The van der Waals surface area contributed by atoms with Crippen LogP contribution >= 0.6 is 11.6 Å². The molecule has 1 unspecified atom stereocenters. The van der Waals surface area contributed by atoms with Crippen molar-refractivity contribution in [1.82, 2.24) is 0 Å². The van der Waals surface area contributed by atoms with Gasteiger partial charge in [-0.15, -0.1) is 0 Å². The minimum absolute atomic E-state index is 0.0419. The lowest BCUT2D eigenvalue weighted by molar-refractivity contribution is -0.128. The van der Waals surface area contributed by atoms with Gasteiger partial charge in [0.05, 0.1) is 5.92 Å². The number of aryl methyl sites for hydroxylation is 1. The summed E-state index contributed by atoms with van der Waals surface area (Å²) in [5.41, 5.74) is 8.57. The van der Waals surface area contributed by atoms with Gasteiger partial charge < -0.3 is 15.2 Å². The van der Waals surface area contributed by atoms with Crippen molar-refractivity contribution >= 4 is 23.6 Å². The molecule has 0 saturated carbocycles. The van der Waals surface area contributed by atoms with Gasteiger partial charge in [-0.05, 0) is 36.8 Å². The first kappa shape index (κ1) is 22.1. The van der Waals surface area contributed by atoms with Gasteiger partial charge in [-0.25, -0.2) is 9.18 Å². The predicted molar refractivity (Wildman–Crippen MR) is 123 cm³/mol. The Hall–Kier alpha value is -4.08. The van der Waals surface area contributed by atoms with Gasteiger partial charge in [0.25, 0.3) is 0 Å². The van der Waals surface area contributed by atoms with Crippen molar-refractivity contribution in [2.45, 2.75) is 12.8 Å². The standard InChI is InChI=1S/C26H18ClFN2O3/c1-15-5-7-16(8-6-15)9-12-23(31)32-17-10-11-18-22(13-17)33-26(30)19(14-29)24(18)25-20(27)3-2-4-21(25)28/h2-13,24H,30H2,1H3/b12-9+. The number of carbonyl (C=O) groups is 1. The molecule has 1 atom stereocenters. The largest absolute Gasteiger partial charge is 0.440 e. The zero-order chi connectivity index (χ0) is 23.5. The SMILES string of the molecule is Cc1ccc(/C=C/C(=O)Oc2ccc3c(c2)OC(N)=C(C#N)C3c2c(F)cccc2Cl)cc1. The van der Waals surface area contributed by atoms with Gasteiger partial charge in [0, 0.05) is 28.3 Å². The van der Waals surface area contributed by atoms with Crippen molar-refractivity contribution in [3.05, 3.63) is 111 Å². The van der Waals surface area contributed by atoms with Crippen molar-refractivity contribution in [1.29, 1.82) is 5.26 Å². The Morgan fingerprint density at radius 3 is 2.67 bits per heavy atom. The Bertz CT molecular complexity index is 1320. The number of halogens is 2. The molecule has 1 aliphatic rings. The summed E-state index contributed by atoms with van der Waals surface area (Å²) in [4.78, 5) is 12.3. The first-order chi connectivity index (χ1) is 15.9. The van der Waals surface area contributed by atoms with Crippen molar-refractivity contribution in [3.8, 4) is 17.6 Å². The number of fused-ring (bicyclic) bond motifs is 1. The van der Waals surface area contributed by atoms with E-state index < -0.39 is 17.7 Å². The highest BCUT2D eigenvalue weighted by Crippen LogP contribution is 2.46. The van der Waals surface area contributed by atoms with Crippen LogP contribution in [-0.4, -0.2) is 5.97 Å². The molecule has 3 aromatic rings. The maximum absolute atomic E-state index is 14.7. The van der Waals surface area contributed by atoms with Gasteiger partial charge in [0.1, 0.15) is 29.0 Å². The molecule has 0 spiro atoms. The fourth-order valence-electron chi connectivity index (χ4n) is 3.57. The van der Waals surface area contributed by atoms with Crippen LogP contribution in [0.4, 0.5) is 4.39 Å². The lowest BCUT2D eigenvalue weighted by atomic mass is 9.83. The van der Waals surface area contributed by atoms with Gasteiger partial charge in [-0.2, -0.15) is 5.26 Å². The molecule has 0 amide bonds. The van der Waals surface area contributed by atoms with Gasteiger partial charge >= 0.3 is 5.97 Å². The highest BCUT2D eigenvalue weighted by atomic mass is 35.5. The topological polar surface area (TPSA) is 85.3 Å². The zero-order valence-electron chi connectivity index (χ0n) is 17.5. The van der Waals surface area contributed by atoms with E-state index in [4.69, 9.17) is 26.8 Å². The van der Waals surface area contributed by atoms with E-state index in [2.05, 4.69) is 0 Å². The highest BCUT2D eigenvalue weighted by Gasteiger charge is 2.34. The third kappa shape index (κ3) is 4.59. The second-order valence-corrected chi connectivity index (χ2v) is 7.83. The first-order valence-corrected chi connectivity index (χ1v) is 10.4. The maximum atomic E-state index is 14.7. The summed E-state index contributed by atoms with van der Waals surface area (Å²) >= 11 is 6.26. The van der Waals surface area contributed by atoms with Crippen LogP contribution in [0.2, 0.25) is 5.02 Å². The normalized spacial score (nSPS) is 15.0. The van der Waals surface area contributed by atoms with Crippen LogP contribution in [0.3, 0.4) is 0 Å². The predicted octanol–water partition coefficient (Wildman–Crippen LogP) is 5.62. The van der Waals surface area contributed by atoms with E-state index >= 15 is 0 Å². The lowest BCUT2D eigenvalue weighted by Gasteiger charge is -2.27. The van der Waals surface area contributed by atoms with E-state index in [1.54, 1.807) is 12.1 Å². The number of nitrogens with two attached hydrogens (primary N) is 1. The summed E-state index contributed by atoms with van der Waals surface area (Å²) in [5.74, 6) is -1.74. The van der Waals surface area contributed by atoms with Gasteiger partial charge in [0.2, 0.25) is 5.88 Å². The monoisotopic (exact) mass is 460 g/mol. The Morgan fingerprint density at radius 2 is 1.97 bits per heavy atom. The molecule has 2 N–H and O–H groups in total. The molecule has 5 nitrogen and oxygen atoms in total. The Labute approximate surface area is 195 Å². The minimum Gasteiger partial charge on any atom is -0.440 e. The van der Waals surface area contributed by atoms with Crippen molar-refractivity contribution < 1.29 is 18.7 Å². The number of esters is 1. The molecule has 0 aromatic heterocycles. The average Bonchev–Trinajstić information content (AvgIpc) is 2.78. The average molecular weight is 461 g/mol. The number of hydrogen-bond donors (Lipinski definition) is 1. The number of ether oxygens (including phenoxy) is 2. The summed E-state index contributed by atoms with van der Waals surface area (Å²) < 4.78 is 25.7. The molecular formula is C26H18ClFN2O3. The van der Waals surface area contributed by atoms with Crippen LogP contribution in [-0.2, 0) is 4.79 Å². The van der Waals surface area contributed by atoms with Crippen LogP contribution in [0.15, 0.2) is 78.2 Å². The zero-order valence-corrected chi connectivity index (χ0v) is 18.3. The molecule has 0 fully saturated rings. The summed E-state index contributed by atoms with van der Waals surface area (Å²) in [6.07, 6.45) is 2.96. The van der Waals surface area contributed by atoms with E-state index in [1.807, 2.05) is 37.3 Å². The number of carbonyl (C=O) groups excluding carboxylic acids is 1. The lowest BCUT2D eigenvalue weighted by Crippen LogP contribution is -2.22. The molecule has 164 valence electrons. The van der Waals surface area contributed by atoms with E-state index in [0.29, 0.717) is 5.56 Å². The number of benzene rings is 3. The molecule has 0 radical (unpaired) electrons. The number of allylic oxidation sites excluding steroid dienone is 1. The molecule has 7 heteroatoms. The van der Waals surface area contributed by atoms with Crippen molar-refractivity contribution in [3.63, 3.8) is 0 Å². The third-order valence-corrected chi connectivity index (χ3v) is 5.52. The van der Waals surface area contributed by atoms with E-state index in [-0.39, 0.29) is 33.5 Å². The van der Waals surface area contributed by atoms with Crippen molar-refractivity contribution in [2.75, 3.05) is 0 Å². The van der Waals surface area contributed by atoms with E-state index in [1.165, 1.54) is 36.4 Å². The van der Waals surface area contributed by atoms with Crippen LogP contribution in [0, 0.1) is 24.1 Å². The number of nitriles is 1. The fourth-order valence-corrected chi connectivity index (χ4v) is 3.85. The Kier molecular flexibility index (Phi) is 6.16. The number of rotatable bonds is 4. The summed E-state index contributed by atoms with van der Waals surface area (Å²) in [6.45, 7) is 1.98. The summed E-state index contributed by atoms with van der Waals surface area (Å²) in [7, 11) is 0. The Balaban J connectivity index is 1.63. The molecule has 3 aromatic carbocycles. The smallest absolute Gasteiger partial charge is 0.336 e. The second kappa shape index (κ2) is 9.19. The first-order valence-electron chi connectivity index (χ1n) is 9.99. The van der Waals surface area contributed by atoms with Crippen molar-refractivity contribution in [2.24, 2.45) is 5.73 Å². The van der Waals surface area contributed by atoms with Gasteiger partial charge in [0.15, 0.2) is 0 Å². The van der Waals surface area contributed by atoms with Crippen LogP contribution in [0.25, 0.3) is 6.08 Å². The Morgan fingerprint density at radius 1 is 1.21 bits per heavy atom. The van der Waals surface area contributed by atoms with Crippen LogP contribution < -0.4 is 15.2 Å². The van der Waals surface area contributed by atoms with E-state index in [9.17, 15) is 14.4 Å². The highest BCUT2D eigenvalue weighted by molar-refractivity contribution is 6.31. The molecular weight excluding hydrogens is 443 g/mol. The summed E-state index contributed by atoms with van der Waals surface area (Å²) in [6, 6.07) is 18.5. The van der Waals surface area contributed by atoms with Gasteiger partial charge in [-0.3, -0.25) is 0 Å². The third-order valence-electron chi connectivity index (χ3n) is 5.19. The number of hydrogen-bond acceptors (Lipinski definition) is 5. The summed E-state index contributed by atoms with van der Waals surface area (Å²) in [5, 5.41) is 9.79. The molecule has 0 aliphatic carbocycles. The maximum Gasteiger partial charge on any atom is 0.336 e. The minimum atomic E-state index is -0.862. The van der Waals surface area contributed by atoms with Crippen LogP contribution in [0.5, 0.6) is 11.5 Å². The second-order valence-electron chi connectivity index (χ2n) is 7.42. The van der Waals surface area contributed by atoms with E-state index in [0.717, 1.165) is 11.1 Å². The molecule has 0 bridgehead atoms. The molecule has 1 aliphatic heterocycles. The molecule has 4 rings (SSSR count). The van der Waals surface area contributed by atoms with Gasteiger partial charge in [-0.1, -0.05) is 53.6 Å². The quantitative estimate of drug-likeness (QED) is 0.310. The molecule has 33 heavy (non-hydrogen) atoms. The molecule has 1 heterocycles. The fraction of sp³-hybridized carbons (Fsp3) is 0.0769. The number of nitrogens with zero attached hydrogens (tertiary/aromatic N) is 1. The van der Waals surface area contributed by atoms with Crippen LogP contribution in [0.1, 0.15) is 28.2 Å². The molecule has 0 saturated heterocycles.